The van der Waals surface area contributed by atoms with Crippen LogP contribution in [-0.2, 0) is 11.2 Å². The first-order chi connectivity index (χ1) is 10.5. The number of rotatable bonds is 7. The highest BCUT2D eigenvalue weighted by Gasteiger charge is 2.20. The highest BCUT2D eigenvalue weighted by atomic mass is 16.1. The van der Waals surface area contributed by atoms with E-state index in [1.54, 1.807) is 0 Å². The first-order valence-electron chi connectivity index (χ1n) is 7.97. The number of benzene rings is 1. The standard InChI is InChI=1S/C17H26N4O/c1-4-17(18,5-2)11-19-15(22)10-9-14-20-13-8-6-7-12(3)16(13)21-14/h6-8H,4-5,9-11,18H2,1-3H3,(H,19,22)(H,20,21). The summed E-state index contributed by atoms with van der Waals surface area (Å²) < 4.78 is 0. The van der Waals surface area contributed by atoms with E-state index in [9.17, 15) is 4.79 Å². The van der Waals surface area contributed by atoms with Gasteiger partial charge in [-0.25, -0.2) is 4.98 Å². The number of nitrogens with one attached hydrogen (secondary N) is 2. The van der Waals surface area contributed by atoms with Crippen molar-refractivity contribution in [1.29, 1.82) is 0 Å². The van der Waals surface area contributed by atoms with Gasteiger partial charge in [0.05, 0.1) is 11.0 Å². The second-order valence-electron chi connectivity index (χ2n) is 6.00. The first kappa shape index (κ1) is 16.5. The molecule has 0 aliphatic carbocycles. The number of aromatic amines is 1. The van der Waals surface area contributed by atoms with Crippen LogP contribution < -0.4 is 11.1 Å². The van der Waals surface area contributed by atoms with E-state index in [0.717, 1.165) is 35.3 Å². The fraction of sp³-hybridized carbons (Fsp3) is 0.529. The van der Waals surface area contributed by atoms with E-state index in [4.69, 9.17) is 5.73 Å². The number of hydrogen-bond donors (Lipinski definition) is 3. The third-order valence-corrected chi connectivity index (χ3v) is 4.40. The maximum absolute atomic E-state index is 12.0. The molecular weight excluding hydrogens is 276 g/mol. The number of aromatic nitrogens is 2. The van der Waals surface area contributed by atoms with Crippen LogP contribution in [0.2, 0.25) is 0 Å². The summed E-state index contributed by atoms with van der Waals surface area (Å²) in [5.74, 6) is 0.873. The lowest BCUT2D eigenvalue weighted by atomic mass is 9.94. The minimum absolute atomic E-state index is 0.0221. The lowest BCUT2D eigenvalue weighted by molar-refractivity contribution is -0.121. The van der Waals surface area contributed by atoms with Crippen molar-refractivity contribution in [2.45, 2.75) is 52.0 Å². The average molecular weight is 302 g/mol. The van der Waals surface area contributed by atoms with Gasteiger partial charge in [0.25, 0.3) is 0 Å². The number of nitrogens with zero attached hydrogens (tertiary/aromatic N) is 1. The molecule has 0 spiro atoms. The number of fused-ring (bicyclic) bond motifs is 1. The molecule has 0 bridgehead atoms. The molecule has 120 valence electrons. The molecule has 2 aromatic rings. The van der Waals surface area contributed by atoms with Gasteiger partial charge in [0.1, 0.15) is 5.82 Å². The van der Waals surface area contributed by atoms with Crippen LogP contribution >= 0.6 is 0 Å². The van der Waals surface area contributed by atoms with Gasteiger partial charge in [-0.3, -0.25) is 4.79 Å². The Bertz CT molecular complexity index is 643. The molecule has 0 unspecified atom stereocenters. The van der Waals surface area contributed by atoms with E-state index in [1.807, 2.05) is 39.0 Å². The number of imidazole rings is 1. The van der Waals surface area contributed by atoms with Crippen LogP contribution in [0.1, 0.15) is 44.5 Å². The molecule has 0 saturated carbocycles. The van der Waals surface area contributed by atoms with Crippen LogP contribution in [0.25, 0.3) is 11.0 Å². The predicted octanol–water partition coefficient (Wildman–Crippen LogP) is 2.44. The van der Waals surface area contributed by atoms with Gasteiger partial charge >= 0.3 is 0 Å². The second kappa shape index (κ2) is 6.92. The molecule has 1 aromatic carbocycles. The average Bonchev–Trinajstić information content (AvgIpc) is 2.95. The Balaban J connectivity index is 1.89. The maximum atomic E-state index is 12.0. The quantitative estimate of drug-likeness (QED) is 0.734. The van der Waals surface area contributed by atoms with Crippen molar-refractivity contribution in [1.82, 2.24) is 15.3 Å². The van der Waals surface area contributed by atoms with Gasteiger partial charge < -0.3 is 16.0 Å². The summed E-state index contributed by atoms with van der Waals surface area (Å²) in [6.07, 6.45) is 2.73. The lowest BCUT2D eigenvalue weighted by Gasteiger charge is -2.26. The van der Waals surface area contributed by atoms with Crippen molar-refractivity contribution in [2.75, 3.05) is 6.54 Å². The lowest BCUT2D eigenvalue weighted by Crippen LogP contribution is -2.49. The molecular formula is C17H26N4O. The van der Waals surface area contributed by atoms with Crippen LogP contribution in [0, 0.1) is 6.92 Å². The Morgan fingerprint density at radius 3 is 2.73 bits per heavy atom. The van der Waals surface area contributed by atoms with E-state index < -0.39 is 0 Å². The molecule has 0 saturated heterocycles. The number of amides is 1. The number of aryl methyl sites for hydroxylation is 2. The summed E-state index contributed by atoms with van der Waals surface area (Å²) in [5, 5.41) is 2.93. The molecule has 5 nitrogen and oxygen atoms in total. The number of carbonyl (C=O) groups is 1. The largest absolute Gasteiger partial charge is 0.354 e. The third kappa shape index (κ3) is 3.85. The van der Waals surface area contributed by atoms with Crippen LogP contribution in [0.15, 0.2) is 18.2 Å². The Hall–Kier alpha value is -1.88. The summed E-state index contributed by atoms with van der Waals surface area (Å²) in [5.41, 5.74) is 9.03. The van der Waals surface area contributed by atoms with E-state index in [2.05, 4.69) is 15.3 Å². The second-order valence-corrected chi connectivity index (χ2v) is 6.00. The van der Waals surface area contributed by atoms with Gasteiger partial charge in [0.2, 0.25) is 5.91 Å². The summed E-state index contributed by atoms with van der Waals surface area (Å²) >= 11 is 0. The van der Waals surface area contributed by atoms with Crippen molar-refractivity contribution in [3.63, 3.8) is 0 Å². The zero-order chi connectivity index (χ0) is 16.2. The topological polar surface area (TPSA) is 83.8 Å². The van der Waals surface area contributed by atoms with Gasteiger partial charge in [-0.2, -0.15) is 0 Å². The van der Waals surface area contributed by atoms with E-state index in [0.29, 0.717) is 19.4 Å². The number of para-hydroxylation sites is 1. The summed E-state index contributed by atoms with van der Waals surface area (Å²) in [4.78, 5) is 19.8. The number of carbonyl (C=O) groups excluding carboxylic acids is 1. The van der Waals surface area contributed by atoms with Crippen LogP contribution in [-0.4, -0.2) is 28.0 Å². The number of hydrogen-bond acceptors (Lipinski definition) is 3. The Morgan fingerprint density at radius 1 is 1.36 bits per heavy atom. The maximum Gasteiger partial charge on any atom is 0.220 e. The molecule has 0 fully saturated rings. The molecule has 5 heteroatoms. The fourth-order valence-corrected chi connectivity index (χ4v) is 2.44. The zero-order valence-electron chi connectivity index (χ0n) is 13.7. The summed E-state index contributed by atoms with van der Waals surface area (Å²) in [6.45, 7) is 6.66. The highest BCUT2D eigenvalue weighted by molar-refractivity contribution is 5.79. The van der Waals surface area contributed by atoms with Crippen LogP contribution in [0.3, 0.4) is 0 Å². The molecule has 0 aliphatic heterocycles. The van der Waals surface area contributed by atoms with Gasteiger partial charge in [-0.15, -0.1) is 0 Å². The normalized spacial score (nSPS) is 11.8. The van der Waals surface area contributed by atoms with Gasteiger partial charge in [0.15, 0.2) is 0 Å². The molecule has 4 N–H and O–H groups in total. The van der Waals surface area contributed by atoms with Crippen LogP contribution in [0.4, 0.5) is 0 Å². The SMILES string of the molecule is CCC(N)(CC)CNC(=O)CCc1nc2c(C)cccc2[nH]1. The van der Waals surface area contributed by atoms with E-state index >= 15 is 0 Å². The molecule has 1 aromatic heterocycles. The minimum Gasteiger partial charge on any atom is -0.354 e. The predicted molar refractivity (Wildman–Crippen MR) is 89.7 cm³/mol. The van der Waals surface area contributed by atoms with Gasteiger partial charge in [-0.1, -0.05) is 26.0 Å². The molecule has 1 amide bonds. The molecule has 0 aliphatic rings. The highest BCUT2D eigenvalue weighted by Crippen LogP contribution is 2.16. The first-order valence-corrected chi connectivity index (χ1v) is 7.97. The number of H-pyrrole nitrogens is 1. The van der Waals surface area contributed by atoms with Crippen molar-refractivity contribution in [2.24, 2.45) is 5.73 Å². The van der Waals surface area contributed by atoms with Gasteiger partial charge in [0, 0.05) is 24.9 Å². The summed E-state index contributed by atoms with van der Waals surface area (Å²) in [6, 6.07) is 6.04. The summed E-state index contributed by atoms with van der Waals surface area (Å²) in [7, 11) is 0. The molecule has 0 atom stereocenters. The van der Waals surface area contributed by atoms with Crippen LogP contribution in [0.5, 0.6) is 0 Å². The molecule has 1 heterocycles. The van der Waals surface area contributed by atoms with Gasteiger partial charge in [-0.05, 0) is 31.4 Å². The minimum atomic E-state index is -0.299. The van der Waals surface area contributed by atoms with Crippen molar-refractivity contribution >= 4 is 16.9 Å². The Kier molecular flexibility index (Phi) is 5.19. The van der Waals surface area contributed by atoms with Crippen molar-refractivity contribution in [3.8, 4) is 0 Å². The molecule has 2 rings (SSSR count). The zero-order valence-corrected chi connectivity index (χ0v) is 13.7. The fourth-order valence-electron chi connectivity index (χ4n) is 2.44. The monoisotopic (exact) mass is 302 g/mol. The van der Waals surface area contributed by atoms with Crippen molar-refractivity contribution in [3.05, 3.63) is 29.6 Å². The smallest absolute Gasteiger partial charge is 0.220 e. The third-order valence-electron chi connectivity index (χ3n) is 4.40. The number of nitrogens with two attached hydrogens (primary N) is 1. The Labute approximate surface area is 131 Å². The van der Waals surface area contributed by atoms with E-state index in [1.165, 1.54) is 0 Å². The molecule has 0 radical (unpaired) electrons. The Morgan fingerprint density at radius 2 is 2.09 bits per heavy atom. The van der Waals surface area contributed by atoms with E-state index in [-0.39, 0.29) is 11.4 Å². The van der Waals surface area contributed by atoms with Crippen molar-refractivity contribution < 1.29 is 4.79 Å². The molecule has 22 heavy (non-hydrogen) atoms.